The Bertz CT molecular complexity index is 903. The smallest absolute Gasteiger partial charge is 0.198 e. The highest BCUT2D eigenvalue weighted by Gasteiger charge is 2.09. The summed E-state index contributed by atoms with van der Waals surface area (Å²) in [6.07, 6.45) is 1.65. The topological polar surface area (TPSA) is 66.8 Å². The molecular formula is C18H17ClN2O3. The van der Waals surface area contributed by atoms with Crippen LogP contribution in [0.3, 0.4) is 0 Å². The lowest BCUT2D eigenvalue weighted by Gasteiger charge is -2.08. The fourth-order valence-corrected chi connectivity index (χ4v) is 2.70. The van der Waals surface area contributed by atoms with E-state index >= 15 is 0 Å². The molecule has 0 amide bonds. The summed E-state index contributed by atoms with van der Waals surface area (Å²) in [5.41, 5.74) is 2.39. The number of rotatable bonds is 5. The van der Waals surface area contributed by atoms with Crippen molar-refractivity contribution in [3.8, 4) is 17.4 Å². The van der Waals surface area contributed by atoms with Crippen molar-refractivity contribution in [3.63, 3.8) is 0 Å². The number of nitrogens with one attached hydrogen (secondary N) is 1. The van der Waals surface area contributed by atoms with Gasteiger partial charge in [-0.15, -0.1) is 0 Å². The van der Waals surface area contributed by atoms with E-state index in [1.807, 2.05) is 24.3 Å². The highest BCUT2D eigenvalue weighted by atomic mass is 35.5. The van der Waals surface area contributed by atoms with Crippen molar-refractivity contribution in [2.75, 3.05) is 14.2 Å². The molecule has 2 aromatic carbocycles. The number of H-pyrrole nitrogens is 1. The molecule has 0 unspecified atom stereocenters. The molecule has 0 fully saturated rings. The lowest BCUT2D eigenvalue weighted by molar-refractivity contribution is 0.354. The van der Waals surface area contributed by atoms with Crippen LogP contribution in [0.25, 0.3) is 10.9 Å². The molecule has 3 rings (SSSR count). The van der Waals surface area contributed by atoms with E-state index in [1.165, 1.54) is 0 Å². The third-order valence-corrected chi connectivity index (χ3v) is 3.96. The van der Waals surface area contributed by atoms with Crippen LogP contribution in [0.2, 0.25) is 5.02 Å². The molecule has 0 saturated heterocycles. The number of hydrogen-bond acceptors (Lipinski definition) is 4. The zero-order valence-corrected chi connectivity index (χ0v) is 14.1. The standard InChI is InChI=1S/C18H17ClN2O3/c1-23-16-6-3-11(7-17(16)24-2)9-20-10-14-13-5-4-12(19)8-15(13)21-18(14)22/h3-8,10,21-22H,9H2,1-2H3. The number of fused-ring (bicyclic) bond motifs is 1. The first kappa shape index (κ1) is 16.2. The average molecular weight is 345 g/mol. The zero-order chi connectivity index (χ0) is 17.1. The molecule has 0 aliphatic heterocycles. The number of benzene rings is 2. The lowest BCUT2D eigenvalue weighted by Crippen LogP contribution is -1.92. The van der Waals surface area contributed by atoms with Crippen LogP contribution in [0, 0.1) is 0 Å². The molecule has 5 nitrogen and oxygen atoms in total. The molecule has 3 aromatic rings. The van der Waals surface area contributed by atoms with Crippen molar-refractivity contribution in [1.29, 1.82) is 0 Å². The number of aliphatic imine (C=N–C) groups is 1. The molecule has 24 heavy (non-hydrogen) atoms. The van der Waals surface area contributed by atoms with Gasteiger partial charge in [0.2, 0.25) is 0 Å². The minimum atomic E-state index is 0.0725. The summed E-state index contributed by atoms with van der Waals surface area (Å²) in [6, 6.07) is 11.0. The third-order valence-electron chi connectivity index (χ3n) is 3.72. The predicted octanol–water partition coefficient (Wildman–Crippen LogP) is 4.16. The minimum Gasteiger partial charge on any atom is -0.494 e. The number of nitrogens with zero attached hydrogens (tertiary/aromatic N) is 1. The van der Waals surface area contributed by atoms with E-state index in [2.05, 4.69) is 9.98 Å². The Hall–Kier alpha value is -2.66. The van der Waals surface area contributed by atoms with Crippen LogP contribution in [-0.2, 0) is 6.54 Å². The molecule has 2 N–H and O–H groups in total. The van der Waals surface area contributed by atoms with Crippen LogP contribution in [0.1, 0.15) is 11.1 Å². The number of hydrogen-bond donors (Lipinski definition) is 2. The van der Waals surface area contributed by atoms with E-state index in [-0.39, 0.29) is 5.88 Å². The second kappa shape index (κ2) is 6.84. The van der Waals surface area contributed by atoms with E-state index < -0.39 is 0 Å². The first-order valence-corrected chi connectivity index (χ1v) is 7.71. The van der Waals surface area contributed by atoms with Crippen LogP contribution in [0.15, 0.2) is 41.4 Å². The Morgan fingerprint density at radius 3 is 2.67 bits per heavy atom. The van der Waals surface area contributed by atoms with Crippen LogP contribution in [-0.4, -0.2) is 30.5 Å². The molecular weight excluding hydrogens is 328 g/mol. The van der Waals surface area contributed by atoms with Crippen molar-refractivity contribution in [1.82, 2.24) is 4.98 Å². The van der Waals surface area contributed by atoms with Gasteiger partial charge in [0.1, 0.15) is 0 Å². The molecule has 0 saturated carbocycles. The van der Waals surface area contributed by atoms with Crippen LogP contribution < -0.4 is 9.47 Å². The normalized spacial score (nSPS) is 11.3. The first-order chi connectivity index (χ1) is 11.6. The summed E-state index contributed by atoms with van der Waals surface area (Å²) < 4.78 is 10.5. The van der Waals surface area contributed by atoms with Crippen LogP contribution >= 0.6 is 11.6 Å². The van der Waals surface area contributed by atoms with Crippen molar-refractivity contribution in [3.05, 3.63) is 52.5 Å². The van der Waals surface area contributed by atoms with Crippen LogP contribution in [0.5, 0.6) is 17.4 Å². The van der Waals surface area contributed by atoms with Gasteiger partial charge >= 0.3 is 0 Å². The maximum absolute atomic E-state index is 10.0. The summed E-state index contributed by atoms with van der Waals surface area (Å²) in [7, 11) is 3.20. The molecule has 1 heterocycles. The fraction of sp³-hybridized carbons (Fsp3) is 0.167. The summed E-state index contributed by atoms with van der Waals surface area (Å²) in [5.74, 6) is 1.41. The summed E-state index contributed by atoms with van der Waals surface area (Å²) in [6.45, 7) is 0.458. The Morgan fingerprint density at radius 1 is 1.12 bits per heavy atom. The van der Waals surface area contributed by atoms with Crippen molar-refractivity contribution in [2.45, 2.75) is 6.54 Å². The molecule has 6 heteroatoms. The molecule has 0 atom stereocenters. The van der Waals surface area contributed by atoms with Gasteiger partial charge in [-0.1, -0.05) is 23.7 Å². The Labute approximate surface area is 144 Å². The number of halogens is 1. The maximum Gasteiger partial charge on any atom is 0.198 e. The summed E-state index contributed by atoms with van der Waals surface area (Å²) in [4.78, 5) is 7.31. The van der Waals surface area contributed by atoms with E-state index in [4.69, 9.17) is 21.1 Å². The Kier molecular flexibility index (Phi) is 4.62. The van der Waals surface area contributed by atoms with Gasteiger partial charge in [-0.3, -0.25) is 4.99 Å². The number of aromatic amines is 1. The average Bonchev–Trinajstić information content (AvgIpc) is 2.89. The van der Waals surface area contributed by atoms with Crippen molar-refractivity contribution >= 4 is 28.7 Å². The monoisotopic (exact) mass is 344 g/mol. The lowest BCUT2D eigenvalue weighted by atomic mass is 10.2. The molecule has 124 valence electrons. The third kappa shape index (κ3) is 3.16. The van der Waals surface area contributed by atoms with E-state index in [0.29, 0.717) is 28.6 Å². The number of aromatic nitrogens is 1. The minimum absolute atomic E-state index is 0.0725. The van der Waals surface area contributed by atoms with Gasteiger partial charge in [-0.05, 0) is 29.8 Å². The van der Waals surface area contributed by atoms with E-state index in [0.717, 1.165) is 16.5 Å². The second-order valence-electron chi connectivity index (χ2n) is 5.24. The largest absolute Gasteiger partial charge is 0.494 e. The maximum atomic E-state index is 10.0. The van der Waals surface area contributed by atoms with Crippen molar-refractivity contribution < 1.29 is 14.6 Å². The van der Waals surface area contributed by atoms with Gasteiger partial charge in [0.25, 0.3) is 0 Å². The van der Waals surface area contributed by atoms with Gasteiger partial charge in [0.05, 0.1) is 31.8 Å². The quantitative estimate of drug-likeness (QED) is 0.683. The van der Waals surface area contributed by atoms with Gasteiger partial charge < -0.3 is 19.6 Å². The molecule has 0 radical (unpaired) electrons. The number of ether oxygens (including phenoxy) is 2. The van der Waals surface area contributed by atoms with Gasteiger partial charge in [-0.2, -0.15) is 0 Å². The highest BCUT2D eigenvalue weighted by molar-refractivity contribution is 6.31. The van der Waals surface area contributed by atoms with Crippen molar-refractivity contribution in [2.24, 2.45) is 4.99 Å². The molecule has 1 aromatic heterocycles. The highest BCUT2D eigenvalue weighted by Crippen LogP contribution is 2.29. The fourth-order valence-electron chi connectivity index (χ4n) is 2.53. The summed E-state index contributed by atoms with van der Waals surface area (Å²) >= 11 is 5.96. The molecule has 0 aliphatic carbocycles. The molecule has 0 bridgehead atoms. The number of methoxy groups -OCH3 is 2. The first-order valence-electron chi connectivity index (χ1n) is 7.33. The van der Waals surface area contributed by atoms with E-state index in [9.17, 15) is 5.11 Å². The Balaban J connectivity index is 1.83. The second-order valence-corrected chi connectivity index (χ2v) is 5.67. The van der Waals surface area contributed by atoms with Gasteiger partial charge in [0, 0.05) is 16.6 Å². The zero-order valence-electron chi connectivity index (χ0n) is 13.3. The Morgan fingerprint density at radius 2 is 1.92 bits per heavy atom. The van der Waals surface area contributed by atoms with Crippen LogP contribution in [0.4, 0.5) is 0 Å². The number of aromatic hydroxyl groups is 1. The van der Waals surface area contributed by atoms with Gasteiger partial charge in [-0.25, -0.2) is 0 Å². The molecule has 0 aliphatic rings. The predicted molar refractivity (Wildman–Crippen MR) is 95.8 cm³/mol. The SMILES string of the molecule is COc1ccc(CN=Cc2c(O)[nH]c3cc(Cl)ccc23)cc1OC. The van der Waals surface area contributed by atoms with E-state index in [1.54, 1.807) is 32.6 Å². The van der Waals surface area contributed by atoms with Gasteiger partial charge in [0.15, 0.2) is 17.4 Å². The summed E-state index contributed by atoms with van der Waals surface area (Å²) in [5, 5.41) is 11.5. The molecule has 0 spiro atoms.